The fourth-order valence-corrected chi connectivity index (χ4v) is 3.41. The Labute approximate surface area is 130 Å². The molecule has 3 heterocycles. The highest BCUT2D eigenvalue weighted by Crippen LogP contribution is 2.34. The van der Waals surface area contributed by atoms with E-state index in [-0.39, 0.29) is 11.8 Å². The summed E-state index contributed by atoms with van der Waals surface area (Å²) in [5.74, 6) is 0.550. The highest BCUT2D eigenvalue weighted by Gasteiger charge is 2.42. The van der Waals surface area contributed by atoms with Gasteiger partial charge >= 0.3 is 0 Å². The van der Waals surface area contributed by atoms with Crippen molar-refractivity contribution >= 4 is 5.91 Å². The molecule has 1 unspecified atom stereocenters. The summed E-state index contributed by atoms with van der Waals surface area (Å²) < 4.78 is 16.7. The highest BCUT2D eigenvalue weighted by atomic mass is 16.7. The zero-order valence-electron chi connectivity index (χ0n) is 13.6. The van der Waals surface area contributed by atoms with Crippen LogP contribution in [0.4, 0.5) is 0 Å². The number of hydrogen-bond acceptors (Lipinski definition) is 5. The van der Waals surface area contributed by atoms with Gasteiger partial charge in [0.1, 0.15) is 5.76 Å². The summed E-state index contributed by atoms with van der Waals surface area (Å²) in [6, 6.07) is 0. The predicted octanol–water partition coefficient (Wildman–Crippen LogP) is 1.84. The first-order valence-electron chi connectivity index (χ1n) is 7.97. The minimum atomic E-state index is -0.540. The molecule has 2 aliphatic heterocycles. The molecule has 0 bridgehead atoms. The van der Waals surface area contributed by atoms with Crippen LogP contribution >= 0.6 is 0 Å². The van der Waals surface area contributed by atoms with E-state index in [2.05, 4.69) is 5.16 Å². The molecule has 0 aliphatic carbocycles. The zero-order valence-corrected chi connectivity index (χ0v) is 13.6. The van der Waals surface area contributed by atoms with Crippen molar-refractivity contribution in [2.45, 2.75) is 45.8 Å². The van der Waals surface area contributed by atoms with Gasteiger partial charge in [0.05, 0.1) is 25.3 Å². The van der Waals surface area contributed by atoms with Crippen molar-refractivity contribution in [3.8, 4) is 0 Å². The molecule has 1 aromatic rings. The maximum absolute atomic E-state index is 12.6. The molecule has 1 aromatic heterocycles. The minimum absolute atomic E-state index is 0.126. The van der Waals surface area contributed by atoms with Crippen LogP contribution in [0.2, 0.25) is 0 Å². The van der Waals surface area contributed by atoms with E-state index in [1.54, 1.807) is 0 Å². The van der Waals surface area contributed by atoms with E-state index in [0.717, 1.165) is 36.4 Å². The van der Waals surface area contributed by atoms with Crippen LogP contribution in [0.1, 0.15) is 36.8 Å². The monoisotopic (exact) mass is 308 g/mol. The Hall–Kier alpha value is -1.40. The molecule has 0 aromatic carbocycles. The number of carbonyl (C=O) groups is 1. The van der Waals surface area contributed by atoms with Crippen molar-refractivity contribution < 1.29 is 18.8 Å². The fourth-order valence-electron chi connectivity index (χ4n) is 3.41. The molecule has 0 saturated carbocycles. The molecule has 6 nitrogen and oxygen atoms in total. The van der Waals surface area contributed by atoms with E-state index >= 15 is 0 Å². The van der Waals surface area contributed by atoms with Crippen LogP contribution < -0.4 is 0 Å². The first kappa shape index (κ1) is 15.5. The SMILES string of the molecule is Cc1noc(C)c1CC(=O)N1CCCC(C2(C)OCCO2)C1. The molecule has 1 atom stereocenters. The van der Waals surface area contributed by atoms with Gasteiger partial charge < -0.3 is 18.9 Å². The van der Waals surface area contributed by atoms with Gasteiger partial charge in [-0.2, -0.15) is 0 Å². The van der Waals surface area contributed by atoms with Gasteiger partial charge in [-0.05, 0) is 33.6 Å². The summed E-state index contributed by atoms with van der Waals surface area (Å²) in [5.41, 5.74) is 1.71. The molecule has 2 aliphatic rings. The summed E-state index contributed by atoms with van der Waals surface area (Å²) in [6.45, 7) is 8.49. The first-order valence-corrected chi connectivity index (χ1v) is 7.97. The van der Waals surface area contributed by atoms with Crippen molar-refractivity contribution in [1.29, 1.82) is 0 Å². The van der Waals surface area contributed by atoms with Crippen LogP contribution in [0, 0.1) is 19.8 Å². The smallest absolute Gasteiger partial charge is 0.227 e. The van der Waals surface area contributed by atoms with Crippen molar-refractivity contribution in [3.05, 3.63) is 17.0 Å². The second-order valence-electron chi connectivity index (χ2n) is 6.37. The van der Waals surface area contributed by atoms with Crippen LogP contribution in [0.5, 0.6) is 0 Å². The Kier molecular flexibility index (Phi) is 4.23. The Morgan fingerprint density at radius 3 is 2.73 bits per heavy atom. The van der Waals surface area contributed by atoms with Crippen molar-refractivity contribution in [2.24, 2.45) is 5.92 Å². The molecule has 122 valence electrons. The van der Waals surface area contributed by atoms with Crippen LogP contribution in [-0.2, 0) is 20.7 Å². The number of rotatable bonds is 3. The summed E-state index contributed by atoms with van der Waals surface area (Å²) in [4.78, 5) is 14.5. The molecule has 0 radical (unpaired) electrons. The van der Waals surface area contributed by atoms with Gasteiger partial charge in [0, 0.05) is 24.6 Å². The normalized spacial score (nSPS) is 24.7. The van der Waals surface area contributed by atoms with Crippen molar-refractivity contribution in [1.82, 2.24) is 10.1 Å². The molecule has 3 rings (SSSR count). The largest absolute Gasteiger partial charge is 0.361 e. The summed E-state index contributed by atoms with van der Waals surface area (Å²) >= 11 is 0. The van der Waals surface area contributed by atoms with Crippen LogP contribution in [0.3, 0.4) is 0 Å². The van der Waals surface area contributed by atoms with E-state index in [4.69, 9.17) is 14.0 Å². The number of nitrogens with zero attached hydrogens (tertiary/aromatic N) is 2. The van der Waals surface area contributed by atoms with Crippen LogP contribution in [0.15, 0.2) is 4.52 Å². The molecule has 6 heteroatoms. The third-order valence-electron chi connectivity index (χ3n) is 4.89. The lowest BCUT2D eigenvalue weighted by Gasteiger charge is -2.40. The first-order chi connectivity index (χ1) is 10.5. The maximum Gasteiger partial charge on any atom is 0.227 e. The zero-order chi connectivity index (χ0) is 15.7. The second-order valence-corrected chi connectivity index (χ2v) is 6.37. The number of piperidine rings is 1. The molecule has 1 amide bonds. The Morgan fingerprint density at radius 2 is 2.09 bits per heavy atom. The Bertz CT molecular complexity index is 529. The molecule has 0 spiro atoms. The van der Waals surface area contributed by atoms with E-state index in [9.17, 15) is 4.79 Å². The lowest BCUT2D eigenvalue weighted by Crippen LogP contribution is -2.49. The van der Waals surface area contributed by atoms with Gasteiger partial charge in [-0.15, -0.1) is 0 Å². The molecule has 22 heavy (non-hydrogen) atoms. The lowest BCUT2D eigenvalue weighted by molar-refractivity contribution is -0.192. The molecule has 0 N–H and O–H groups in total. The predicted molar refractivity (Wildman–Crippen MR) is 79.3 cm³/mol. The van der Waals surface area contributed by atoms with Crippen molar-refractivity contribution in [3.63, 3.8) is 0 Å². The van der Waals surface area contributed by atoms with Gasteiger partial charge in [0.25, 0.3) is 0 Å². The fraction of sp³-hybridized carbons (Fsp3) is 0.750. The quantitative estimate of drug-likeness (QED) is 0.852. The van der Waals surface area contributed by atoms with Crippen LogP contribution in [0.25, 0.3) is 0 Å². The Morgan fingerprint density at radius 1 is 1.36 bits per heavy atom. The van der Waals surface area contributed by atoms with E-state index in [1.165, 1.54) is 0 Å². The summed E-state index contributed by atoms with van der Waals surface area (Å²) in [6.07, 6.45) is 2.37. The third-order valence-corrected chi connectivity index (χ3v) is 4.89. The summed E-state index contributed by atoms with van der Waals surface area (Å²) in [7, 11) is 0. The number of hydrogen-bond donors (Lipinski definition) is 0. The van der Waals surface area contributed by atoms with Crippen molar-refractivity contribution in [2.75, 3.05) is 26.3 Å². The number of carbonyl (C=O) groups excluding carboxylic acids is 1. The average molecular weight is 308 g/mol. The van der Waals surface area contributed by atoms with Gasteiger partial charge in [-0.3, -0.25) is 4.79 Å². The Balaban J connectivity index is 1.65. The number of amides is 1. The topological polar surface area (TPSA) is 64.8 Å². The minimum Gasteiger partial charge on any atom is -0.361 e. The van der Waals surface area contributed by atoms with Gasteiger partial charge in [0.2, 0.25) is 5.91 Å². The van der Waals surface area contributed by atoms with Gasteiger partial charge in [-0.1, -0.05) is 5.16 Å². The van der Waals surface area contributed by atoms with E-state index in [1.807, 2.05) is 25.7 Å². The molecular weight excluding hydrogens is 284 g/mol. The standard InChI is InChI=1S/C16H24N2O4/c1-11-14(12(2)22-17-11)9-15(19)18-6-4-5-13(10-18)16(3)20-7-8-21-16/h13H,4-10H2,1-3H3. The number of likely N-dealkylation sites (tertiary alicyclic amines) is 1. The van der Waals surface area contributed by atoms with Gasteiger partial charge in [-0.25, -0.2) is 0 Å². The number of ether oxygens (including phenoxy) is 2. The molecule has 2 fully saturated rings. The lowest BCUT2D eigenvalue weighted by atomic mass is 9.90. The molecular formula is C16H24N2O4. The number of aromatic nitrogens is 1. The van der Waals surface area contributed by atoms with E-state index in [0.29, 0.717) is 26.2 Å². The molecule has 2 saturated heterocycles. The average Bonchev–Trinajstić information content (AvgIpc) is 3.09. The maximum atomic E-state index is 12.6. The van der Waals surface area contributed by atoms with Gasteiger partial charge in [0.15, 0.2) is 5.79 Å². The number of aryl methyl sites for hydroxylation is 2. The van der Waals surface area contributed by atoms with E-state index < -0.39 is 5.79 Å². The highest BCUT2D eigenvalue weighted by molar-refractivity contribution is 5.79. The van der Waals surface area contributed by atoms with Crippen LogP contribution in [-0.4, -0.2) is 48.1 Å². The third kappa shape index (κ3) is 2.90. The summed E-state index contributed by atoms with van der Waals surface area (Å²) in [5, 5.41) is 3.92. The second kappa shape index (κ2) is 6.01.